The molecule has 0 spiro atoms. The number of esters is 2. The average Bonchev–Trinajstić information content (AvgIpc) is 2.77. The van der Waals surface area contributed by atoms with Gasteiger partial charge in [0.2, 0.25) is 5.91 Å². The average molecular weight is 442 g/mol. The van der Waals surface area contributed by atoms with Crippen molar-refractivity contribution in [2.75, 3.05) is 40.4 Å². The number of rotatable bonds is 8. The Morgan fingerprint density at radius 2 is 1.71 bits per heavy atom. The van der Waals surface area contributed by atoms with E-state index in [0.29, 0.717) is 19.4 Å². The molecular weight excluding hydrogens is 418 g/mol. The van der Waals surface area contributed by atoms with Crippen LogP contribution in [-0.4, -0.2) is 80.6 Å². The van der Waals surface area contributed by atoms with Crippen molar-refractivity contribution in [2.24, 2.45) is 5.92 Å². The molecule has 1 fully saturated rings. The first-order valence-corrected chi connectivity index (χ1v) is 9.52. The normalized spacial score (nSPS) is 15.9. The highest BCUT2D eigenvalue weighted by Gasteiger charge is 2.34. The molecule has 2 rings (SSSR count). The van der Waals surface area contributed by atoms with E-state index >= 15 is 0 Å². The van der Waals surface area contributed by atoms with Crippen LogP contribution in [0.25, 0.3) is 0 Å². The molecule has 0 aromatic heterocycles. The minimum absolute atomic E-state index is 0.000471. The van der Waals surface area contributed by atoms with Crippen molar-refractivity contribution >= 4 is 23.8 Å². The predicted molar refractivity (Wildman–Crippen MR) is 102 cm³/mol. The van der Waals surface area contributed by atoms with E-state index in [1.54, 1.807) is 0 Å². The van der Waals surface area contributed by atoms with Crippen molar-refractivity contribution in [3.8, 4) is 5.75 Å². The molecule has 0 N–H and O–H groups in total. The number of alkyl halides is 2. The van der Waals surface area contributed by atoms with Gasteiger partial charge in [0.05, 0.1) is 25.7 Å². The first-order valence-electron chi connectivity index (χ1n) is 9.52. The van der Waals surface area contributed by atoms with Crippen LogP contribution < -0.4 is 4.74 Å². The molecule has 1 aliphatic heterocycles. The standard InChI is InChI=1S/C20H24F2N2O7/c1-29-16(25)11-24(12-17(26)30-2)18(27)13-6-5-9-23(10-13)19(28)14-7-3-4-8-15(14)31-20(21)22/h3-4,7-8,13,20H,5-6,9-12H2,1-2H3. The van der Waals surface area contributed by atoms with E-state index in [1.165, 1.54) is 29.2 Å². The highest BCUT2D eigenvalue weighted by Crippen LogP contribution is 2.25. The van der Waals surface area contributed by atoms with Crippen LogP contribution in [0.4, 0.5) is 8.78 Å². The van der Waals surface area contributed by atoms with E-state index in [1.807, 2.05) is 0 Å². The third-order valence-corrected chi connectivity index (χ3v) is 4.80. The molecule has 31 heavy (non-hydrogen) atoms. The van der Waals surface area contributed by atoms with E-state index in [-0.39, 0.29) is 17.9 Å². The Labute approximate surface area is 177 Å². The van der Waals surface area contributed by atoms with Crippen molar-refractivity contribution < 1.29 is 42.2 Å². The lowest BCUT2D eigenvalue weighted by Gasteiger charge is -2.34. The van der Waals surface area contributed by atoms with Crippen LogP contribution in [0.5, 0.6) is 5.75 Å². The zero-order chi connectivity index (χ0) is 23.0. The molecule has 1 aromatic carbocycles. The molecule has 1 aromatic rings. The third kappa shape index (κ3) is 6.63. The first kappa shape index (κ1) is 24.0. The van der Waals surface area contributed by atoms with E-state index < -0.39 is 49.4 Å². The highest BCUT2D eigenvalue weighted by atomic mass is 19.3. The molecule has 0 bridgehead atoms. The molecule has 1 saturated heterocycles. The van der Waals surface area contributed by atoms with Crippen LogP contribution in [0.2, 0.25) is 0 Å². The van der Waals surface area contributed by atoms with Gasteiger partial charge in [-0.05, 0) is 25.0 Å². The van der Waals surface area contributed by atoms with E-state index in [9.17, 15) is 28.0 Å². The SMILES string of the molecule is COC(=O)CN(CC(=O)OC)C(=O)C1CCCN(C(=O)c2ccccc2OC(F)F)C1. The van der Waals surface area contributed by atoms with Gasteiger partial charge >= 0.3 is 18.6 Å². The summed E-state index contributed by atoms with van der Waals surface area (Å²) in [7, 11) is 2.31. The number of piperidine rings is 1. The van der Waals surface area contributed by atoms with Crippen LogP contribution in [0, 0.1) is 5.92 Å². The van der Waals surface area contributed by atoms with Gasteiger partial charge in [0.15, 0.2) is 0 Å². The summed E-state index contributed by atoms with van der Waals surface area (Å²) in [6.07, 6.45) is 0.904. The van der Waals surface area contributed by atoms with Crippen LogP contribution >= 0.6 is 0 Å². The number of carbonyl (C=O) groups is 4. The quantitative estimate of drug-likeness (QED) is 0.560. The molecule has 11 heteroatoms. The van der Waals surface area contributed by atoms with Crippen LogP contribution in [0.1, 0.15) is 23.2 Å². The summed E-state index contributed by atoms with van der Waals surface area (Å²) in [5, 5.41) is 0. The van der Waals surface area contributed by atoms with Crippen LogP contribution in [0.15, 0.2) is 24.3 Å². The molecular formula is C20H24F2N2O7. The number of likely N-dealkylation sites (tertiary alicyclic amines) is 1. The molecule has 1 heterocycles. The van der Waals surface area contributed by atoms with Gasteiger partial charge in [0.1, 0.15) is 18.8 Å². The number of benzene rings is 1. The van der Waals surface area contributed by atoms with Crippen LogP contribution in [-0.2, 0) is 23.9 Å². The summed E-state index contributed by atoms with van der Waals surface area (Å²) >= 11 is 0. The Morgan fingerprint density at radius 1 is 1.10 bits per heavy atom. The fourth-order valence-corrected chi connectivity index (χ4v) is 3.29. The lowest BCUT2D eigenvalue weighted by molar-refractivity contribution is -0.154. The maximum absolute atomic E-state index is 13.0. The van der Waals surface area contributed by atoms with Gasteiger partial charge in [0, 0.05) is 13.1 Å². The maximum atomic E-state index is 13.0. The minimum Gasteiger partial charge on any atom is -0.468 e. The predicted octanol–water partition coefficient (Wildman–Crippen LogP) is 1.31. The van der Waals surface area contributed by atoms with Crippen molar-refractivity contribution in [2.45, 2.75) is 19.5 Å². The highest BCUT2D eigenvalue weighted by molar-refractivity contribution is 5.97. The van der Waals surface area contributed by atoms with E-state index in [4.69, 9.17) is 0 Å². The van der Waals surface area contributed by atoms with Gasteiger partial charge < -0.3 is 24.0 Å². The second-order valence-electron chi connectivity index (χ2n) is 6.81. The topological polar surface area (TPSA) is 102 Å². The van der Waals surface area contributed by atoms with Gasteiger partial charge in [-0.3, -0.25) is 19.2 Å². The first-order chi connectivity index (χ1) is 14.8. The zero-order valence-electron chi connectivity index (χ0n) is 17.2. The monoisotopic (exact) mass is 442 g/mol. The van der Waals surface area contributed by atoms with Gasteiger partial charge in [-0.25, -0.2) is 0 Å². The Kier molecular flexibility index (Phi) is 8.71. The largest absolute Gasteiger partial charge is 0.468 e. The molecule has 0 saturated carbocycles. The number of hydrogen-bond donors (Lipinski definition) is 0. The fourth-order valence-electron chi connectivity index (χ4n) is 3.29. The summed E-state index contributed by atoms with van der Waals surface area (Å²) in [5.41, 5.74) is -0.0446. The van der Waals surface area contributed by atoms with Gasteiger partial charge in [-0.15, -0.1) is 0 Å². The number of amides is 2. The number of methoxy groups -OCH3 is 2. The second-order valence-corrected chi connectivity index (χ2v) is 6.81. The Morgan fingerprint density at radius 3 is 2.29 bits per heavy atom. The minimum atomic E-state index is -3.09. The Bertz CT molecular complexity index is 800. The molecule has 2 amide bonds. The summed E-state index contributed by atoms with van der Waals surface area (Å²) in [6.45, 7) is -3.66. The smallest absolute Gasteiger partial charge is 0.387 e. The molecule has 1 unspecified atom stereocenters. The molecule has 9 nitrogen and oxygen atoms in total. The Balaban J connectivity index is 2.16. The Hall–Kier alpha value is -3.24. The van der Waals surface area contributed by atoms with E-state index in [0.717, 1.165) is 19.1 Å². The number of para-hydroxylation sites is 1. The van der Waals surface area contributed by atoms with Crippen molar-refractivity contribution in [1.82, 2.24) is 9.80 Å². The summed E-state index contributed by atoms with van der Waals surface area (Å²) in [6, 6.07) is 5.62. The second kappa shape index (κ2) is 11.2. The van der Waals surface area contributed by atoms with Crippen LogP contribution in [0.3, 0.4) is 0 Å². The summed E-state index contributed by atoms with van der Waals surface area (Å²) in [5.74, 6) is -3.42. The fraction of sp³-hybridized carbons (Fsp3) is 0.500. The maximum Gasteiger partial charge on any atom is 0.387 e. The number of ether oxygens (including phenoxy) is 3. The number of carbonyl (C=O) groups excluding carboxylic acids is 4. The number of nitrogens with zero attached hydrogens (tertiary/aromatic N) is 2. The van der Waals surface area contributed by atoms with Gasteiger partial charge in [-0.2, -0.15) is 8.78 Å². The third-order valence-electron chi connectivity index (χ3n) is 4.80. The van der Waals surface area contributed by atoms with Gasteiger partial charge in [-0.1, -0.05) is 12.1 Å². The molecule has 1 aliphatic rings. The van der Waals surface area contributed by atoms with Crippen molar-refractivity contribution in [1.29, 1.82) is 0 Å². The van der Waals surface area contributed by atoms with Gasteiger partial charge in [0.25, 0.3) is 5.91 Å². The molecule has 1 atom stereocenters. The summed E-state index contributed by atoms with van der Waals surface area (Å²) in [4.78, 5) is 51.6. The lowest BCUT2D eigenvalue weighted by atomic mass is 9.95. The molecule has 0 radical (unpaired) electrons. The summed E-state index contributed by atoms with van der Waals surface area (Å²) < 4.78 is 38.9. The van der Waals surface area contributed by atoms with E-state index in [2.05, 4.69) is 14.2 Å². The lowest BCUT2D eigenvalue weighted by Crippen LogP contribution is -2.49. The zero-order valence-corrected chi connectivity index (χ0v) is 17.2. The van der Waals surface area contributed by atoms with Crippen molar-refractivity contribution in [3.63, 3.8) is 0 Å². The molecule has 0 aliphatic carbocycles. The molecule has 170 valence electrons. The number of halogens is 2. The van der Waals surface area contributed by atoms with Crippen molar-refractivity contribution in [3.05, 3.63) is 29.8 Å². The number of hydrogen-bond acceptors (Lipinski definition) is 7.